The van der Waals surface area contributed by atoms with Gasteiger partial charge in [-0.25, -0.2) is 0 Å². The average molecular weight is 473 g/mol. The molecule has 2 heterocycles. The van der Waals surface area contributed by atoms with Gasteiger partial charge in [-0.3, -0.25) is 0 Å². The summed E-state index contributed by atoms with van der Waals surface area (Å²) >= 11 is 1.52. The van der Waals surface area contributed by atoms with Gasteiger partial charge in [0.05, 0.1) is 19.8 Å². The van der Waals surface area contributed by atoms with Gasteiger partial charge in [0.25, 0.3) is 0 Å². The largest absolute Gasteiger partial charge is 0.493 e. The minimum absolute atomic E-state index is 0.411. The van der Waals surface area contributed by atoms with Crippen LogP contribution in [0.1, 0.15) is 22.9 Å². The second kappa shape index (κ2) is 9.61. The molecular formula is C26H24N4O3S. The smallest absolute Gasteiger partial charge is 0.247 e. The summed E-state index contributed by atoms with van der Waals surface area (Å²) in [6.45, 7) is 2.08. The number of methoxy groups -OCH3 is 2. The Hall–Kier alpha value is -3.78. The van der Waals surface area contributed by atoms with Crippen molar-refractivity contribution in [2.75, 3.05) is 19.5 Å². The molecule has 0 aliphatic carbocycles. The summed E-state index contributed by atoms with van der Waals surface area (Å²) in [5, 5.41) is 12.9. The van der Waals surface area contributed by atoms with E-state index in [2.05, 4.69) is 46.7 Å². The van der Waals surface area contributed by atoms with Gasteiger partial charge in [-0.2, -0.15) is 4.98 Å². The lowest BCUT2D eigenvalue weighted by atomic mass is 10.1. The zero-order valence-corrected chi connectivity index (χ0v) is 19.9. The molecule has 0 saturated heterocycles. The molecule has 0 bridgehead atoms. The number of aromatic nitrogens is 3. The molecule has 7 nitrogen and oxygen atoms in total. The highest BCUT2D eigenvalue weighted by Crippen LogP contribution is 2.43. The van der Waals surface area contributed by atoms with Gasteiger partial charge in [0, 0.05) is 17.0 Å². The van der Waals surface area contributed by atoms with Crippen molar-refractivity contribution in [3.05, 3.63) is 83.4 Å². The van der Waals surface area contributed by atoms with Crippen molar-refractivity contribution >= 4 is 17.4 Å². The Labute approximate surface area is 202 Å². The zero-order valence-electron chi connectivity index (χ0n) is 19.1. The number of ether oxygens (including phenoxy) is 3. The predicted molar refractivity (Wildman–Crippen MR) is 133 cm³/mol. The lowest BCUT2D eigenvalue weighted by molar-refractivity contribution is 0.218. The number of hydrogen-bond acceptors (Lipinski definition) is 8. The number of benzene rings is 3. The van der Waals surface area contributed by atoms with Crippen LogP contribution in [0.3, 0.4) is 0 Å². The molecule has 0 radical (unpaired) electrons. The molecule has 5 rings (SSSR count). The zero-order chi connectivity index (χ0) is 23.5. The first kappa shape index (κ1) is 22.0. The van der Waals surface area contributed by atoms with Gasteiger partial charge in [0.1, 0.15) is 0 Å². The van der Waals surface area contributed by atoms with Crippen molar-refractivity contribution < 1.29 is 14.2 Å². The molecule has 0 saturated carbocycles. The Morgan fingerprint density at radius 1 is 0.941 bits per heavy atom. The van der Waals surface area contributed by atoms with Gasteiger partial charge in [0.2, 0.25) is 17.3 Å². The van der Waals surface area contributed by atoms with E-state index in [1.807, 2.05) is 42.5 Å². The van der Waals surface area contributed by atoms with Crippen LogP contribution in [0.4, 0.5) is 5.69 Å². The van der Waals surface area contributed by atoms with Gasteiger partial charge in [-0.05, 0) is 30.7 Å². The van der Waals surface area contributed by atoms with E-state index < -0.39 is 6.23 Å². The first-order chi connectivity index (χ1) is 16.7. The summed E-state index contributed by atoms with van der Waals surface area (Å²) in [7, 11) is 3.23. The fraction of sp³-hybridized carbons (Fsp3) is 0.192. The Morgan fingerprint density at radius 2 is 1.76 bits per heavy atom. The number of hydrogen-bond donors (Lipinski definition) is 1. The van der Waals surface area contributed by atoms with E-state index in [1.165, 1.54) is 22.9 Å². The minimum atomic E-state index is -0.570. The molecule has 34 heavy (non-hydrogen) atoms. The van der Waals surface area contributed by atoms with E-state index in [9.17, 15) is 0 Å². The molecule has 1 aliphatic rings. The van der Waals surface area contributed by atoms with Crippen molar-refractivity contribution in [3.63, 3.8) is 0 Å². The summed E-state index contributed by atoms with van der Waals surface area (Å²) in [6.07, 6.45) is -0.570. The first-order valence-electron chi connectivity index (χ1n) is 10.8. The normalized spacial score (nSPS) is 14.1. The van der Waals surface area contributed by atoms with E-state index >= 15 is 0 Å². The molecule has 4 aromatic rings. The fourth-order valence-electron chi connectivity index (χ4n) is 3.80. The Morgan fingerprint density at radius 3 is 2.56 bits per heavy atom. The molecule has 0 spiro atoms. The van der Waals surface area contributed by atoms with Gasteiger partial charge < -0.3 is 19.5 Å². The van der Waals surface area contributed by atoms with E-state index in [0.29, 0.717) is 28.2 Å². The third-order valence-electron chi connectivity index (χ3n) is 5.54. The number of anilines is 1. The SMILES string of the molecule is COc1cccc([C@H]2Nc3ccccc3-c3nnc(SCc4ccc(C)cc4)nc3O2)c1OC. The fourth-order valence-corrected chi connectivity index (χ4v) is 4.53. The molecule has 0 amide bonds. The van der Waals surface area contributed by atoms with Crippen LogP contribution in [0.15, 0.2) is 71.9 Å². The number of aryl methyl sites for hydroxylation is 1. The van der Waals surface area contributed by atoms with E-state index in [0.717, 1.165) is 22.6 Å². The van der Waals surface area contributed by atoms with Crippen LogP contribution in [0.5, 0.6) is 17.4 Å². The van der Waals surface area contributed by atoms with Crippen LogP contribution < -0.4 is 19.5 Å². The first-order valence-corrected chi connectivity index (χ1v) is 11.8. The highest BCUT2D eigenvalue weighted by molar-refractivity contribution is 7.98. The number of nitrogens with zero attached hydrogens (tertiary/aromatic N) is 3. The second-order valence-electron chi connectivity index (χ2n) is 7.79. The number of fused-ring (bicyclic) bond motifs is 3. The highest BCUT2D eigenvalue weighted by Gasteiger charge is 2.28. The predicted octanol–water partition coefficient (Wildman–Crippen LogP) is 5.66. The maximum Gasteiger partial charge on any atom is 0.247 e. The molecule has 1 aromatic heterocycles. The van der Waals surface area contributed by atoms with Crippen molar-refractivity contribution in [1.82, 2.24) is 15.2 Å². The van der Waals surface area contributed by atoms with Crippen molar-refractivity contribution in [1.29, 1.82) is 0 Å². The molecule has 0 fully saturated rings. The summed E-state index contributed by atoms with van der Waals surface area (Å²) in [5.74, 6) is 2.37. The van der Waals surface area contributed by atoms with Crippen LogP contribution in [0.2, 0.25) is 0 Å². The minimum Gasteiger partial charge on any atom is -0.493 e. The lowest BCUT2D eigenvalue weighted by Gasteiger charge is -2.22. The monoisotopic (exact) mass is 472 g/mol. The van der Waals surface area contributed by atoms with E-state index in [4.69, 9.17) is 19.2 Å². The molecular weight excluding hydrogens is 448 g/mol. The van der Waals surface area contributed by atoms with Crippen LogP contribution in [0, 0.1) is 6.92 Å². The number of rotatable bonds is 6. The van der Waals surface area contributed by atoms with Crippen LogP contribution in [-0.4, -0.2) is 29.4 Å². The van der Waals surface area contributed by atoms with Gasteiger partial charge in [-0.1, -0.05) is 65.9 Å². The molecule has 0 unspecified atom stereocenters. The quantitative estimate of drug-likeness (QED) is 0.360. The van der Waals surface area contributed by atoms with Gasteiger partial charge in [0.15, 0.2) is 17.2 Å². The molecule has 1 atom stereocenters. The summed E-state index contributed by atoms with van der Waals surface area (Å²) < 4.78 is 17.6. The number of thioether (sulfide) groups is 1. The van der Waals surface area contributed by atoms with Crippen molar-refractivity contribution in [2.24, 2.45) is 0 Å². The standard InChI is InChI=1S/C26H24N4O3S/c1-16-11-13-17(14-12-16)15-34-26-28-25-22(29-30-26)18-7-4-5-9-20(18)27-24(33-25)19-8-6-10-21(31-2)23(19)32-3/h4-14,24,27H,15H2,1-3H3/t24-/m0/s1. The summed E-state index contributed by atoms with van der Waals surface area (Å²) in [4.78, 5) is 4.73. The number of nitrogens with one attached hydrogen (secondary N) is 1. The van der Waals surface area contributed by atoms with Crippen molar-refractivity contribution in [2.45, 2.75) is 24.1 Å². The van der Waals surface area contributed by atoms with Crippen LogP contribution >= 0.6 is 11.8 Å². The lowest BCUT2D eigenvalue weighted by Crippen LogP contribution is -2.18. The highest BCUT2D eigenvalue weighted by atomic mass is 32.2. The van der Waals surface area contributed by atoms with Gasteiger partial charge in [-0.15, -0.1) is 10.2 Å². The molecule has 8 heteroatoms. The van der Waals surface area contributed by atoms with Crippen LogP contribution in [0.25, 0.3) is 11.3 Å². The molecule has 1 aliphatic heterocycles. The topological polar surface area (TPSA) is 78.4 Å². The Kier molecular flexibility index (Phi) is 6.22. The Bertz CT molecular complexity index is 1310. The van der Waals surface area contributed by atoms with E-state index in [-0.39, 0.29) is 0 Å². The Balaban J connectivity index is 1.51. The summed E-state index contributed by atoms with van der Waals surface area (Å²) in [6, 6.07) is 22.0. The van der Waals surface area contributed by atoms with E-state index in [1.54, 1.807) is 14.2 Å². The third-order valence-corrected chi connectivity index (χ3v) is 6.45. The van der Waals surface area contributed by atoms with Crippen molar-refractivity contribution in [3.8, 4) is 28.6 Å². The van der Waals surface area contributed by atoms with Crippen LogP contribution in [-0.2, 0) is 5.75 Å². The molecule has 3 aromatic carbocycles. The summed E-state index contributed by atoms with van der Waals surface area (Å²) in [5.41, 5.74) is 5.55. The second-order valence-corrected chi connectivity index (χ2v) is 8.74. The average Bonchev–Trinajstić information content (AvgIpc) is 3.04. The third kappa shape index (κ3) is 4.36. The van der Waals surface area contributed by atoms with Gasteiger partial charge >= 0.3 is 0 Å². The number of para-hydroxylation sites is 2. The molecule has 172 valence electrons. The molecule has 1 N–H and O–H groups in total. The maximum atomic E-state index is 6.40. The maximum absolute atomic E-state index is 6.40.